The monoisotopic (exact) mass is 262 g/mol. The Kier molecular flexibility index (Phi) is 3.73. The zero-order valence-electron chi connectivity index (χ0n) is 12.3. The van der Waals surface area contributed by atoms with Crippen LogP contribution >= 0.6 is 0 Å². The summed E-state index contributed by atoms with van der Waals surface area (Å²) in [4.78, 5) is 0. The van der Waals surface area contributed by atoms with E-state index < -0.39 is 0 Å². The number of allylic oxidation sites excluding steroid dienone is 7. The first-order valence-corrected chi connectivity index (χ1v) is 7.59. The van der Waals surface area contributed by atoms with Gasteiger partial charge in [-0.3, -0.25) is 0 Å². The van der Waals surface area contributed by atoms with E-state index >= 15 is 0 Å². The van der Waals surface area contributed by atoms with Gasteiger partial charge in [-0.1, -0.05) is 54.6 Å². The summed E-state index contributed by atoms with van der Waals surface area (Å²) in [5.74, 6) is 0. The van der Waals surface area contributed by atoms with Crippen molar-refractivity contribution >= 4 is 5.57 Å². The van der Waals surface area contributed by atoms with Crippen molar-refractivity contribution in [1.82, 2.24) is 0 Å². The van der Waals surface area contributed by atoms with Gasteiger partial charge in [-0.05, 0) is 66.9 Å². The quantitative estimate of drug-likeness (QED) is 0.615. The number of benzene rings is 1. The lowest BCUT2D eigenvalue weighted by Gasteiger charge is -2.20. The average molecular weight is 262 g/mol. The van der Waals surface area contributed by atoms with Crippen LogP contribution < -0.4 is 0 Å². The highest BCUT2D eigenvalue weighted by atomic mass is 14.2. The minimum atomic E-state index is 1.16. The van der Waals surface area contributed by atoms with Gasteiger partial charge in [0.15, 0.2) is 0 Å². The van der Waals surface area contributed by atoms with Gasteiger partial charge in [0.1, 0.15) is 0 Å². The first-order chi connectivity index (χ1) is 9.74. The number of hydrogen-bond acceptors (Lipinski definition) is 0. The second kappa shape index (κ2) is 5.66. The summed E-state index contributed by atoms with van der Waals surface area (Å²) in [6.45, 7) is 6.50. The molecule has 0 saturated heterocycles. The Bertz CT molecular complexity index is 623. The summed E-state index contributed by atoms with van der Waals surface area (Å²) in [6, 6.07) is 8.70. The molecule has 0 spiro atoms. The van der Waals surface area contributed by atoms with Crippen molar-refractivity contribution in [2.24, 2.45) is 0 Å². The van der Waals surface area contributed by atoms with E-state index in [2.05, 4.69) is 56.0 Å². The van der Waals surface area contributed by atoms with Crippen LogP contribution in [0.1, 0.15) is 43.7 Å². The first kappa shape index (κ1) is 13.2. The zero-order chi connectivity index (χ0) is 13.9. The van der Waals surface area contributed by atoms with E-state index in [-0.39, 0.29) is 0 Å². The molecule has 1 aromatic carbocycles. The predicted octanol–water partition coefficient (Wildman–Crippen LogP) is 5.63. The molecule has 2 aliphatic rings. The maximum atomic E-state index is 4.30. The molecule has 0 aromatic heterocycles. The standard InChI is InChI=1S/C20H22/c1-15-7-5-10-18(13-15)19-11-6-9-17-8-3-4-12-20(17)16(2)14-19/h3-4,7-8,12-14H,2,5-6,9-11H2,1H3/b19-14+. The van der Waals surface area contributed by atoms with E-state index in [4.69, 9.17) is 0 Å². The van der Waals surface area contributed by atoms with E-state index in [0.29, 0.717) is 0 Å². The van der Waals surface area contributed by atoms with Gasteiger partial charge in [-0.25, -0.2) is 0 Å². The molecule has 0 fully saturated rings. The summed E-state index contributed by atoms with van der Waals surface area (Å²) >= 11 is 0. The molecular weight excluding hydrogens is 240 g/mol. The summed E-state index contributed by atoms with van der Waals surface area (Å²) < 4.78 is 0. The Morgan fingerprint density at radius 1 is 0.950 bits per heavy atom. The van der Waals surface area contributed by atoms with E-state index in [1.807, 2.05) is 0 Å². The lowest BCUT2D eigenvalue weighted by Crippen LogP contribution is -2.01. The first-order valence-electron chi connectivity index (χ1n) is 7.59. The normalized spacial score (nSPS) is 21.9. The Hall–Kier alpha value is -1.82. The number of rotatable bonds is 1. The van der Waals surface area contributed by atoms with Crippen molar-refractivity contribution < 1.29 is 0 Å². The predicted molar refractivity (Wildman–Crippen MR) is 87.6 cm³/mol. The molecule has 0 saturated carbocycles. The summed E-state index contributed by atoms with van der Waals surface area (Å²) in [5, 5.41) is 0. The maximum absolute atomic E-state index is 4.30. The second-order valence-corrected chi connectivity index (χ2v) is 5.86. The Labute approximate surface area is 122 Å². The molecule has 0 heterocycles. The van der Waals surface area contributed by atoms with Crippen LogP contribution in [0.3, 0.4) is 0 Å². The van der Waals surface area contributed by atoms with Crippen LogP contribution in [0.2, 0.25) is 0 Å². The fraction of sp³-hybridized carbons (Fsp3) is 0.300. The van der Waals surface area contributed by atoms with Gasteiger partial charge in [-0.2, -0.15) is 0 Å². The number of fused-ring (bicyclic) bond motifs is 1. The van der Waals surface area contributed by atoms with Crippen molar-refractivity contribution in [2.75, 3.05) is 0 Å². The second-order valence-electron chi connectivity index (χ2n) is 5.86. The molecule has 20 heavy (non-hydrogen) atoms. The average Bonchev–Trinajstić information content (AvgIpc) is 2.44. The maximum Gasteiger partial charge on any atom is -0.0158 e. The van der Waals surface area contributed by atoms with E-state index in [1.165, 1.54) is 59.1 Å². The Balaban J connectivity index is 1.97. The van der Waals surface area contributed by atoms with Crippen molar-refractivity contribution in [2.45, 2.75) is 39.0 Å². The zero-order valence-corrected chi connectivity index (χ0v) is 12.3. The van der Waals surface area contributed by atoms with Crippen LogP contribution in [-0.4, -0.2) is 0 Å². The molecule has 0 N–H and O–H groups in total. The Morgan fingerprint density at radius 3 is 2.60 bits per heavy atom. The van der Waals surface area contributed by atoms with Crippen molar-refractivity contribution in [3.8, 4) is 0 Å². The molecule has 102 valence electrons. The third kappa shape index (κ3) is 2.70. The Morgan fingerprint density at radius 2 is 1.75 bits per heavy atom. The molecule has 0 bridgehead atoms. The van der Waals surface area contributed by atoms with Crippen LogP contribution in [0.25, 0.3) is 5.57 Å². The molecule has 0 heteroatoms. The van der Waals surface area contributed by atoms with Gasteiger partial charge in [-0.15, -0.1) is 0 Å². The molecule has 0 atom stereocenters. The van der Waals surface area contributed by atoms with Gasteiger partial charge in [0.05, 0.1) is 0 Å². The van der Waals surface area contributed by atoms with Crippen molar-refractivity contribution in [3.05, 3.63) is 76.9 Å². The van der Waals surface area contributed by atoms with E-state index in [0.717, 1.165) is 6.42 Å². The SMILES string of the molecule is C=C1/C=C(/C2=CC(C)=CCC2)CCCc2ccccc21. The number of hydrogen-bond donors (Lipinski definition) is 0. The molecule has 2 aliphatic carbocycles. The van der Waals surface area contributed by atoms with Crippen LogP contribution in [-0.2, 0) is 6.42 Å². The summed E-state index contributed by atoms with van der Waals surface area (Å²) in [5.41, 5.74) is 8.36. The highest BCUT2D eigenvalue weighted by Gasteiger charge is 2.13. The molecular formula is C20H22. The van der Waals surface area contributed by atoms with Gasteiger partial charge < -0.3 is 0 Å². The summed E-state index contributed by atoms with van der Waals surface area (Å²) in [6.07, 6.45) is 12.9. The molecule has 0 nitrogen and oxygen atoms in total. The lowest BCUT2D eigenvalue weighted by molar-refractivity contribution is 0.795. The van der Waals surface area contributed by atoms with Crippen molar-refractivity contribution in [1.29, 1.82) is 0 Å². The highest BCUT2D eigenvalue weighted by Crippen LogP contribution is 2.32. The largest absolute Gasteiger partial charge is 0.0911 e. The van der Waals surface area contributed by atoms with Crippen LogP contribution in [0.5, 0.6) is 0 Å². The third-order valence-electron chi connectivity index (χ3n) is 4.30. The lowest BCUT2D eigenvalue weighted by atomic mass is 9.85. The molecule has 3 rings (SSSR count). The molecule has 0 amide bonds. The molecule has 0 aliphatic heterocycles. The van der Waals surface area contributed by atoms with Gasteiger partial charge in [0.2, 0.25) is 0 Å². The van der Waals surface area contributed by atoms with Gasteiger partial charge >= 0.3 is 0 Å². The van der Waals surface area contributed by atoms with Crippen LogP contribution in [0.4, 0.5) is 0 Å². The summed E-state index contributed by atoms with van der Waals surface area (Å²) in [7, 11) is 0. The van der Waals surface area contributed by atoms with Crippen molar-refractivity contribution in [3.63, 3.8) is 0 Å². The van der Waals surface area contributed by atoms with Crippen LogP contribution in [0.15, 0.2) is 65.8 Å². The topological polar surface area (TPSA) is 0 Å². The van der Waals surface area contributed by atoms with Crippen LogP contribution in [0, 0.1) is 0 Å². The van der Waals surface area contributed by atoms with Gasteiger partial charge in [0, 0.05) is 0 Å². The molecule has 1 aromatic rings. The molecule has 0 unspecified atom stereocenters. The minimum absolute atomic E-state index is 1.16. The smallest absolute Gasteiger partial charge is 0.0158 e. The molecule has 0 radical (unpaired) electrons. The van der Waals surface area contributed by atoms with Gasteiger partial charge in [0.25, 0.3) is 0 Å². The highest BCUT2D eigenvalue weighted by molar-refractivity contribution is 5.76. The van der Waals surface area contributed by atoms with E-state index in [9.17, 15) is 0 Å². The van der Waals surface area contributed by atoms with E-state index in [1.54, 1.807) is 0 Å². The number of aryl methyl sites for hydroxylation is 1. The fourth-order valence-electron chi connectivity index (χ4n) is 3.25. The minimum Gasteiger partial charge on any atom is -0.0911 e. The third-order valence-corrected chi connectivity index (χ3v) is 4.30. The fourth-order valence-corrected chi connectivity index (χ4v) is 3.25.